The molecule has 4 rings (SSSR count). The largest absolute Gasteiger partial charge is 0.496 e. The number of aryl methyl sites for hydroxylation is 1. The van der Waals surface area contributed by atoms with Crippen molar-refractivity contribution in [3.8, 4) is 28.6 Å². The number of carbonyl (C=O) groups is 1. The molecule has 1 heterocycles. The third kappa shape index (κ3) is 6.27. The summed E-state index contributed by atoms with van der Waals surface area (Å²) in [6, 6.07) is 19.5. The molecular weight excluding hydrogens is 482 g/mol. The zero-order chi connectivity index (χ0) is 27.4. The van der Waals surface area contributed by atoms with Gasteiger partial charge in [-0.3, -0.25) is 10.1 Å². The van der Waals surface area contributed by atoms with E-state index in [1.807, 2.05) is 73.7 Å². The number of carboxylic acid groups (broad SMARTS) is 1. The Morgan fingerprint density at radius 2 is 1.74 bits per heavy atom. The van der Waals surface area contributed by atoms with Crippen LogP contribution in [0.2, 0.25) is 0 Å². The SMILES string of the molecule is COc1cc(C)ccc1-c1nc(-c2ccc(C[C@H](NC(O)c3ccc(C(C)(C)C)cc3)C(=O)O)cc2)no1. The van der Waals surface area contributed by atoms with Gasteiger partial charge in [-0.2, -0.15) is 4.98 Å². The zero-order valence-corrected chi connectivity index (χ0v) is 22.2. The Bertz CT molecular complexity index is 1390. The number of hydrogen-bond donors (Lipinski definition) is 3. The number of nitrogens with zero attached hydrogens (tertiary/aromatic N) is 2. The summed E-state index contributed by atoms with van der Waals surface area (Å²) in [6.45, 7) is 8.31. The van der Waals surface area contributed by atoms with E-state index in [0.717, 1.165) is 22.3 Å². The highest BCUT2D eigenvalue weighted by Crippen LogP contribution is 2.31. The molecule has 3 N–H and O–H groups in total. The third-order valence-corrected chi connectivity index (χ3v) is 6.42. The Kier molecular flexibility index (Phi) is 7.94. The smallest absolute Gasteiger partial charge is 0.321 e. The second kappa shape index (κ2) is 11.2. The van der Waals surface area contributed by atoms with Gasteiger partial charge in [-0.05, 0) is 53.1 Å². The van der Waals surface area contributed by atoms with E-state index in [2.05, 4.69) is 36.2 Å². The Morgan fingerprint density at radius 1 is 1.05 bits per heavy atom. The molecule has 0 aliphatic rings. The average molecular weight is 516 g/mol. The molecule has 1 unspecified atom stereocenters. The summed E-state index contributed by atoms with van der Waals surface area (Å²) >= 11 is 0. The van der Waals surface area contributed by atoms with Crippen molar-refractivity contribution in [3.05, 3.63) is 89.0 Å². The van der Waals surface area contributed by atoms with Crippen LogP contribution >= 0.6 is 0 Å². The Morgan fingerprint density at radius 3 is 2.34 bits per heavy atom. The van der Waals surface area contributed by atoms with Crippen molar-refractivity contribution in [2.45, 2.75) is 51.8 Å². The van der Waals surface area contributed by atoms with Crippen LogP contribution in [0.5, 0.6) is 5.75 Å². The van der Waals surface area contributed by atoms with Crippen LogP contribution in [0.1, 0.15) is 49.3 Å². The van der Waals surface area contributed by atoms with Crippen molar-refractivity contribution in [2.75, 3.05) is 7.11 Å². The fraction of sp³-hybridized carbons (Fsp3) is 0.300. The van der Waals surface area contributed by atoms with Crippen molar-refractivity contribution < 1.29 is 24.3 Å². The van der Waals surface area contributed by atoms with Crippen molar-refractivity contribution in [1.82, 2.24) is 15.5 Å². The van der Waals surface area contributed by atoms with Gasteiger partial charge in [0.25, 0.3) is 5.89 Å². The van der Waals surface area contributed by atoms with Gasteiger partial charge in [-0.1, -0.05) is 80.5 Å². The number of hydrogen-bond acceptors (Lipinski definition) is 7. The van der Waals surface area contributed by atoms with Crippen molar-refractivity contribution in [2.24, 2.45) is 0 Å². The molecule has 2 atom stereocenters. The van der Waals surface area contributed by atoms with Gasteiger partial charge in [-0.25, -0.2) is 0 Å². The van der Waals surface area contributed by atoms with E-state index in [0.29, 0.717) is 28.6 Å². The van der Waals surface area contributed by atoms with Gasteiger partial charge in [0.05, 0.1) is 12.7 Å². The molecule has 0 aliphatic heterocycles. The minimum Gasteiger partial charge on any atom is -0.496 e. The monoisotopic (exact) mass is 515 g/mol. The number of ether oxygens (including phenoxy) is 1. The molecule has 0 bridgehead atoms. The van der Waals surface area contributed by atoms with Gasteiger partial charge in [0.2, 0.25) is 5.82 Å². The molecule has 0 fully saturated rings. The molecule has 0 saturated heterocycles. The first-order valence-electron chi connectivity index (χ1n) is 12.4. The highest BCUT2D eigenvalue weighted by atomic mass is 16.5. The van der Waals surface area contributed by atoms with E-state index in [1.165, 1.54) is 0 Å². The number of rotatable bonds is 9. The van der Waals surface area contributed by atoms with E-state index in [4.69, 9.17) is 9.26 Å². The summed E-state index contributed by atoms with van der Waals surface area (Å²) < 4.78 is 10.9. The molecule has 38 heavy (non-hydrogen) atoms. The quantitative estimate of drug-likeness (QED) is 0.257. The van der Waals surface area contributed by atoms with E-state index in [-0.39, 0.29) is 11.8 Å². The average Bonchev–Trinajstić information content (AvgIpc) is 3.38. The van der Waals surface area contributed by atoms with Crippen LogP contribution < -0.4 is 10.1 Å². The molecule has 1 aromatic heterocycles. The van der Waals surface area contributed by atoms with E-state index in [1.54, 1.807) is 7.11 Å². The first kappa shape index (κ1) is 27.0. The van der Waals surface area contributed by atoms with Crippen LogP contribution in [0.4, 0.5) is 0 Å². The lowest BCUT2D eigenvalue weighted by Crippen LogP contribution is -2.40. The fourth-order valence-electron chi connectivity index (χ4n) is 4.12. The molecule has 8 heteroatoms. The van der Waals surface area contributed by atoms with Crippen molar-refractivity contribution >= 4 is 5.97 Å². The molecule has 0 aliphatic carbocycles. The van der Waals surface area contributed by atoms with Gasteiger partial charge in [0, 0.05) is 5.56 Å². The van der Waals surface area contributed by atoms with Crippen LogP contribution in [-0.2, 0) is 16.6 Å². The molecule has 0 spiro atoms. The molecule has 3 aromatic carbocycles. The Balaban J connectivity index is 1.44. The van der Waals surface area contributed by atoms with Crippen LogP contribution in [0, 0.1) is 6.92 Å². The second-order valence-corrected chi connectivity index (χ2v) is 10.4. The number of carboxylic acids is 1. The lowest BCUT2D eigenvalue weighted by Gasteiger charge is -2.22. The van der Waals surface area contributed by atoms with Gasteiger partial charge in [0.15, 0.2) is 0 Å². The van der Waals surface area contributed by atoms with Crippen molar-refractivity contribution in [1.29, 1.82) is 0 Å². The van der Waals surface area contributed by atoms with Crippen LogP contribution in [0.15, 0.2) is 71.3 Å². The van der Waals surface area contributed by atoms with E-state index in [9.17, 15) is 15.0 Å². The number of benzene rings is 3. The molecule has 0 amide bonds. The topological polar surface area (TPSA) is 118 Å². The van der Waals surface area contributed by atoms with Gasteiger partial charge < -0.3 is 19.5 Å². The molecular formula is C30H33N3O5. The van der Waals surface area contributed by atoms with E-state index < -0.39 is 18.2 Å². The highest BCUT2D eigenvalue weighted by molar-refractivity contribution is 5.74. The van der Waals surface area contributed by atoms with Crippen LogP contribution in [-0.4, -0.2) is 39.5 Å². The predicted octanol–water partition coefficient (Wildman–Crippen LogP) is 5.29. The Labute approximate surface area is 222 Å². The number of aliphatic hydroxyl groups excluding tert-OH is 1. The normalized spacial score (nSPS) is 13.2. The third-order valence-electron chi connectivity index (χ3n) is 6.42. The summed E-state index contributed by atoms with van der Waals surface area (Å²) in [5, 5.41) is 27.3. The summed E-state index contributed by atoms with van der Waals surface area (Å²) in [4.78, 5) is 16.4. The number of aromatic nitrogens is 2. The van der Waals surface area contributed by atoms with E-state index >= 15 is 0 Å². The maximum absolute atomic E-state index is 11.9. The minimum atomic E-state index is -1.11. The minimum absolute atomic E-state index is 0.0106. The number of aliphatic hydroxyl groups is 1. The van der Waals surface area contributed by atoms with Crippen LogP contribution in [0.3, 0.4) is 0 Å². The summed E-state index contributed by atoms with van der Waals surface area (Å²) in [6.07, 6.45) is -0.925. The van der Waals surface area contributed by atoms with Gasteiger partial charge >= 0.3 is 5.97 Å². The summed E-state index contributed by atoms with van der Waals surface area (Å²) in [7, 11) is 1.59. The molecule has 198 valence electrons. The maximum atomic E-state index is 11.9. The zero-order valence-electron chi connectivity index (χ0n) is 22.2. The molecule has 4 aromatic rings. The number of methoxy groups -OCH3 is 1. The molecule has 8 nitrogen and oxygen atoms in total. The van der Waals surface area contributed by atoms with Crippen molar-refractivity contribution in [3.63, 3.8) is 0 Å². The highest BCUT2D eigenvalue weighted by Gasteiger charge is 2.23. The van der Waals surface area contributed by atoms with Crippen LogP contribution in [0.25, 0.3) is 22.8 Å². The Hall–Kier alpha value is -4.01. The lowest BCUT2D eigenvalue weighted by atomic mass is 9.86. The van der Waals surface area contributed by atoms with Gasteiger partial charge in [0.1, 0.15) is 18.0 Å². The first-order chi connectivity index (χ1) is 18.0. The van der Waals surface area contributed by atoms with Gasteiger partial charge in [-0.15, -0.1) is 0 Å². The standard InChI is InChI=1S/C30H33N3O5/c1-18-6-15-23(25(16-18)37-5)28-32-26(33-38-28)20-9-7-19(8-10-20)17-24(29(35)36)31-27(34)21-11-13-22(14-12-21)30(2,3)4/h6-16,24,27,31,34H,17H2,1-5H3,(H,35,36)/t24-,27?/m0/s1. The summed E-state index contributed by atoms with van der Waals surface area (Å²) in [5.41, 5.74) is 5.01. The number of aliphatic carboxylic acids is 1. The summed E-state index contributed by atoms with van der Waals surface area (Å²) in [5.74, 6) is 0.362. The first-order valence-corrected chi connectivity index (χ1v) is 12.4. The lowest BCUT2D eigenvalue weighted by molar-refractivity contribution is -0.140. The molecule has 0 radical (unpaired) electrons. The fourth-order valence-corrected chi connectivity index (χ4v) is 4.12. The maximum Gasteiger partial charge on any atom is 0.321 e. The number of nitrogens with one attached hydrogen (secondary N) is 1. The predicted molar refractivity (Wildman–Crippen MR) is 145 cm³/mol. The second-order valence-electron chi connectivity index (χ2n) is 10.4. The molecule has 0 saturated carbocycles.